The maximum atomic E-state index is 12.3. The van der Waals surface area contributed by atoms with Gasteiger partial charge in [0.05, 0.1) is 5.69 Å². The summed E-state index contributed by atoms with van der Waals surface area (Å²) in [6.45, 7) is 5.48. The van der Waals surface area contributed by atoms with Crippen LogP contribution in [0.2, 0.25) is 0 Å². The number of fused-ring (bicyclic) bond motifs is 1. The van der Waals surface area contributed by atoms with Gasteiger partial charge in [0.15, 0.2) is 0 Å². The van der Waals surface area contributed by atoms with Crippen molar-refractivity contribution in [1.29, 1.82) is 0 Å². The Balaban J connectivity index is 1.66. The Kier molecular flexibility index (Phi) is 5.01. The van der Waals surface area contributed by atoms with Gasteiger partial charge in [0.25, 0.3) is 5.78 Å². The van der Waals surface area contributed by atoms with E-state index in [1.165, 1.54) is 6.33 Å². The molecule has 142 valence electrons. The standard InChI is InChI=1S/C16H21F3N6O/c1-10(2)12-7-13(25-15(23-12)21-9-22-25)24-5-3-11(4-6-24)8-20-14(26)16(17,18)19/h7,9-11H,3-6,8H2,1-2H3,(H,20,26). The van der Waals surface area contributed by atoms with E-state index in [0.29, 0.717) is 31.7 Å². The number of piperidine rings is 1. The molecular weight excluding hydrogens is 349 g/mol. The third kappa shape index (κ3) is 3.88. The van der Waals surface area contributed by atoms with E-state index in [2.05, 4.69) is 33.8 Å². The molecule has 1 N–H and O–H groups in total. The summed E-state index contributed by atoms with van der Waals surface area (Å²) < 4.78 is 38.5. The third-order valence-electron chi connectivity index (χ3n) is 4.59. The van der Waals surface area contributed by atoms with Crippen molar-refractivity contribution in [2.75, 3.05) is 24.5 Å². The molecule has 2 aromatic heterocycles. The molecule has 1 fully saturated rings. The lowest BCUT2D eigenvalue weighted by atomic mass is 9.96. The van der Waals surface area contributed by atoms with Crippen molar-refractivity contribution in [3.8, 4) is 0 Å². The van der Waals surface area contributed by atoms with E-state index in [9.17, 15) is 18.0 Å². The number of nitrogens with zero attached hydrogens (tertiary/aromatic N) is 5. The maximum Gasteiger partial charge on any atom is 0.471 e. The van der Waals surface area contributed by atoms with Gasteiger partial charge in [0.1, 0.15) is 12.1 Å². The summed E-state index contributed by atoms with van der Waals surface area (Å²) in [4.78, 5) is 21.7. The minimum absolute atomic E-state index is 0.0233. The lowest BCUT2D eigenvalue weighted by Gasteiger charge is -2.33. The largest absolute Gasteiger partial charge is 0.471 e. The zero-order valence-corrected chi connectivity index (χ0v) is 14.6. The first-order valence-corrected chi connectivity index (χ1v) is 8.56. The van der Waals surface area contributed by atoms with Crippen molar-refractivity contribution in [1.82, 2.24) is 24.9 Å². The number of hydrogen-bond acceptors (Lipinski definition) is 5. The number of anilines is 1. The molecule has 1 saturated heterocycles. The Bertz CT molecular complexity index is 780. The first-order valence-electron chi connectivity index (χ1n) is 8.56. The van der Waals surface area contributed by atoms with Gasteiger partial charge in [-0.05, 0) is 24.7 Å². The smallest absolute Gasteiger partial charge is 0.356 e. The average molecular weight is 370 g/mol. The second kappa shape index (κ2) is 7.08. The second-order valence-corrected chi connectivity index (χ2v) is 6.80. The summed E-state index contributed by atoms with van der Waals surface area (Å²) in [6.07, 6.45) is -2.00. The number of nitrogens with one attached hydrogen (secondary N) is 1. The van der Waals surface area contributed by atoms with Gasteiger partial charge in [-0.25, -0.2) is 4.98 Å². The Labute approximate surface area is 148 Å². The lowest BCUT2D eigenvalue weighted by molar-refractivity contribution is -0.173. The Morgan fingerprint density at radius 2 is 2.04 bits per heavy atom. The third-order valence-corrected chi connectivity index (χ3v) is 4.59. The molecule has 3 rings (SSSR count). The molecule has 0 aromatic carbocycles. The quantitative estimate of drug-likeness (QED) is 0.893. The van der Waals surface area contributed by atoms with Crippen LogP contribution in [0.15, 0.2) is 12.4 Å². The highest BCUT2D eigenvalue weighted by atomic mass is 19.4. The number of rotatable bonds is 4. The van der Waals surface area contributed by atoms with Gasteiger partial charge in [0.2, 0.25) is 0 Å². The first kappa shape index (κ1) is 18.4. The fourth-order valence-electron chi connectivity index (χ4n) is 3.04. The highest BCUT2D eigenvalue weighted by Crippen LogP contribution is 2.26. The minimum Gasteiger partial charge on any atom is -0.356 e. The van der Waals surface area contributed by atoms with Crippen LogP contribution in [-0.2, 0) is 4.79 Å². The Morgan fingerprint density at radius 3 is 2.65 bits per heavy atom. The van der Waals surface area contributed by atoms with Crippen LogP contribution in [0, 0.1) is 5.92 Å². The van der Waals surface area contributed by atoms with Gasteiger partial charge in [-0.15, -0.1) is 0 Å². The summed E-state index contributed by atoms with van der Waals surface area (Å²) in [5.41, 5.74) is 0.917. The normalized spacial score (nSPS) is 16.5. The van der Waals surface area contributed by atoms with Crippen LogP contribution >= 0.6 is 0 Å². The molecule has 2 aromatic rings. The average Bonchev–Trinajstić information content (AvgIpc) is 3.07. The predicted octanol–water partition coefficient (Wildman–Crippen LogP) is 2.14. The van der Waals surface area contributed by atoms with Gasteiger partial charge in [0, 0.05) is 25.7 Å². The van der Waals surface area contributed by atoms with Crippen molar-refractivity contribution >= 4 is 17.5 Å². The summed E-state index contributed by atoms with van der Waals surface area (Å²) in [5, 5.41) is 6.20. The topological polar surface area (TPSA) is 75.4 Å². The molecule has 0 saturated carbocycles. The highest BCUT2D eigenvalue weighted by molar-refractivity contribution is 5.81. The molecule has 3 heterocycles. The number of halogens is 3. The van der Waals surface area contributed by atoms with Crippen LogP contribution in [0.4, 0.5) is 19.0 Å². The lowest BCUT2D eigenvalue weighted by Crippen LogP contribution is -2.43. The van der Waals surface area contributed by atoms with Gasteiger partial charge in [-0.2, -0.15) is 27.8 Å². The molecule has 26 heavy (non-hydrogen) atoms. The van der Waals surface area contributed by atoms with Gasteiger partial charge in [-0.1, -0.05) is 13.8 Å². The molecule has 0 unspecified atom stereocenters. The number of alkyl halides is 3. The fourth-order valence-corrected chi connectivity index (χ4v) is 3.04. The van der Waals surface area contributed by atoms with Crippen molar-refractivity contribution in [2.24, 2.45) is 5.92 Å². The Morgan fingerprint density at radius 1 is 1.35 bits per heavy atom. The molecule has 1 aliphatic heterocycles. The number of carbonyl (C=O) groups is 1. The van der Waals surface area contributed by atoms with Crippen LogP contribution in [0.1, 0.15) is 38.3 Å². The van der Waals surface area contributed by atoms with E-state index in [1.54, 1.807) is 4.52 Å². The van der Waals surface area contributed by atoms with Gasteiger partial charge < -0.3 is 10.2 Å². The molecule has 0 radical (unpaired) electrons. The van der Waals surface area contributed by atoms with Crippen molar-refractivity contribution in [3.63, 3.8) is 0 Å². The van der Waals surface area contributed by atoms with Crippen molar-refractivity contribution < 1.29 is 18.0 Å². The number of carbonyl (C=O) groups excluding carboxylic acids is 1. The summed E-state index contributed by atoms with van der Waals surface area (Å²) >= 11 is 0. The van der Waals surface area contributed by atoms with Crippen LogP contribution in [-0.4, -0.2) is 51.3 Å². The monoisotopic (exact) mass is 370 g/mol. The molecule has 1 aliphatic rings. The number of aromatic nitrogens is 4. The molecule has 1 amide bonds. The van der Waals surface area contributed by atoms with E-state index in [4.69, 9.17) is 0 Å². The van der Waals surface area contributed by atoms with E-state index >= 15 is 0 Å². The van der Waals surface area contributed by atoms with Gasteiger partial charge in [-0.3, -0.25) is 4.79 Å². The molecule has 0 aliphatic carbocycles. The number of amides is 1. The zero-order valence-electron chi connectivity index (χ0n) is 14.6. The molecule has 7 nitrogen and oxygen atoms in total. The van der Waals surface area contributed by atoms with E-state index in [-0.39, 0.29) is 18.4 Å². The summed E-state index contributed by atoms with van der Waals surface area (Å²) in [6, 6.07) is 1.98. The summed E-state index contributed by atoms with van der Waals surface area (Å²) in [5.74, 6) is -0.194. The predicted molar refractivity (Wildman–Crippen MR) is 88.9 cm³/mol. The maximum absolute atomic E-state index is 12.3. The molecule has 0 spiro atoms. The van der Waals surface area contributed by atoms with Crippen molar-refractivity contribution in [3.05, 3.63) is 18.1 Å². The van der Waals surface area contributed by atoms with E-state index in [1.807, 2.05) is 11.4 Å². The second-order valence-electron chi connectivity index (χ2n) is 6.80. The van der Waals surface area contributed by atoms with Crippen LogP contribution in [0.25, 0.3) is 5.78 Å². The van der Waals surface area contributed by atoms with Gasteiger partial charge >= 0.3 is 12.1 Å². The molecular formula is C16H21F3N6O. The van der Waals surface area contributed by atoms with E-state index in [0.717, 1.165) is 11.5 Å². The highest BCUT2D eigenvalue weighted by Gasteiger charge is 2.38. The molecule has 0 atom stereocenters. The molecule has 10 heteroatoms. The van der Waals surface area contributed by atoms with Crippen LogP contribution in [0.3, 0.4) is 0 Å². The first-order chi connectivity index (χ1) is 12.3. The van der Waals surface area contributed by atoms with Crippen molar-refractivity contribution in [2.45, 2.75) is 38.8 Å². The fraction of sp³-hybridized carbons (Fsp3) is 0.625. The van der Waals surface area contributed by atoms with Crippen LogP contribution < -0.4 is 10.2 Å². The Hall–Kier alpha value is -2.39. The number of hydrogen-bond donors (Lipinski definition) is 1. The summed E-state index contributed by atoms with van der Waals surface area (Å²) in [7, 11) is 0. The SMILES string of the molecule is CC(C)c1cc(N2CCC(CNC(=O)C(F)(F)F)CC2)n2ncnc2n1. The zero-order chi connectivity index (χ0) is 18.9. The van der Waals surface area contributed by atoms with Crippen LogP contribution in [0.5, 0.6) is 0 Å². The minimum atomic E-state index is -4.83. The molecule has 0 bridgehead atoms. The van der Waals surface area contributed by atoms with E-state index < -0.39 is 12.1 Å².